The molecule has 0 N–H and O–H groups in total. The van der Waals surface area contributed by atoms with Crippen molar-refractivity contribution in [3.8, 4) is 0 Å². The molecule has 0 fully saturated rings. The van der Waals surface area contributed by atoms with Gasteiger partial charge < -0.3 is 0 Å². The van der Waals surface area contributed by atoms with Crippen LogP contribution < -0.4 is 0 Å². The monoisotopic (exact) mass is 186 g/mol. The van der Waals surface area contributed by atoms with Gasteiger partial charge in [-0.1, -0.05) is 0 Å². The van der Waals surface area contributed by atoms with Crippen LogP contribution in [0, 0.1) is 0 Å². The predicted molar refractivity (Wildman–Crippen MR) is 43.7 cm³/mol. The topological polar surface area (TPSA) is 0 Å². The average Bonchev–Trinajstić information content (AvgIpc) is 1.89. The van der Waals surface area contributed by atoms with Crippen LogP contribution in [0.25, 0.3) is 0 Å². The summed E-state index contributed by atoms with van der Waals surface area (Å²) in [5.41, 5.74) is 0. The predicted octanol–water partition coefficient (Wildman–Crippen LogP) is 2.64. The Labute approximate surface area is 67.2 Å². The molecule has 0 aliphatic heterocycles. The summed E-state index contributed by atoms with van der Waals surface area (Å²) in [4.78, 5) is 2.07. The maximum atomic E-state index is 2.47. The molecule has 0 aromatic carbocycles. The molecule has 52 valence electrons. The third kappa shape index (κ3) is 8.30. The Kier molecular flexibility index (Phi) is 8.57. The molecule has 0 heterocycles. The van der Waals surface area contributed by atoms with Crippen LogP contribution in [-0.2, 0) is 0 Å². The van der Waals surface area contributed by atoms with Crippen LogP contribution in [-0.4, -0.2) is 16.9 Å². The summed E-state index contributed by atoms with van der Waals surface area (Å²) in [6.45, 7) is 2.24. The van der Waals surface area contributed by atoms with Gasteiger partial charge in [-0.15, -0.1) is 0 Å². The quantitative estimate of drug-likeness (QED) is 0.457. The number of rotatable bonds is 5. The number of unbranched alkanes of at least 4 members (excludes halogenated alkanes) is 4. The zero-order valence-corrected chi connectivity index (χ0v) is 8.01. The molecule has 0 aromatic heterocycles. The third-order valence-corrected chi connectivity index (χ3v) is 1.77. The first kappa shape index (κ1) is 9.30. The number of hydrogen-bond acceptors (Lipinski definition) is 0. The zero-order valence-electron chi connectivity index (χ0n) is 6.14. The van der Waals surface area contributed by atoms with Crippen molar-refractivity contribution < 1.29 is 0 Å². The van der Waals surface area contributed by atoms with Crippen LogP contribution in [0.1, 0.15) is 39.0 Å². The second-order valence-electron chi connectivity index (χ2n) is 2.23. The molecule has 0 aliphatic carbocycles. The molecule has 0 unspecified atom stereocenters. The fourth-order valence-corrected chi connectivity index (χ4v) is 1.08. The van der Waals surface area contributed by atoms with E-state index in [2.05, 4.69) is 34.7 Å². The van der Waals surface area contributed by atoms with Crippen LogP contribution in [0.4, 0.5) is 0 Å². The molecule has 2 radical (unpaired) electrons. The minimum atomic E-state index is 1.26. The second-order valence-corrected chi connectivity index (χ2v) is 2.86. The molecular formula is C8H15As. The first-order chi connectivity index (χ1) is 4.41. The van der Waals surface area contributed by atoms with Gasteiger partial charge in [-0.2, -0.15) is 0 Å². The van der Waals surface area contributed by atoms with Crippen molar-refractivity contribution in [3.63, 3.8) is 0 Å². The van der Waals surface area contributed by atoms with Crippen molar-refractivity contribution in [2.45, 2.75) is 39.0 Å². The molecule has 0 amide bonds. The summed E-state index contributed by atoms with van der Waals surface area (Å²) < 4.78 is 0. The van der Waals surface area contributed by atoms with Gasteiger partial charge in [-0.05, 0) is 0 Å². The molecule has 0 nitrogen and oxygen atoms in total. The molecule has 1 heteroatoms. The molecule has 0 spiro atoms. The van der Waals surface area contributed by atoms with E-state index in [1.165, 1.54) is 32.1 Å². The van der Waals surface area contributed by atoms with E-state index < -0.39 is 0 Å². The molecule has 0 saturated heterocycles. The summed E-state index contributed by atoms with van der Waals surface area (Å²) in [6.07, 6.45) is 8.97. The van der Waals surface area contributed by atoms with Gasteiger partial charge in [0.1, 0.15) is 0 Å². The van der Waals surface area contributed by atoms with Crippen molar-refractivity contribution in [1.82, 2.24) is 0 Å². The summed E-state index contributed by atoms with van der Waals surface area (Å²) in [6, 6.07) is 0. The molecule has 0 aromatic rings. The number of hydrogen-bond donors (Lipinski definition) is 0. The second kappa shape index (κ2) is 8.30. The Morgan fingerprint density at radius 2 is 2.00 bits per heavy atom. The van der Waals surface area contributed by atoms with Gasteiger partial charge in [0.2, 0.25) is 0 Å². The van der Waals surface area contributed by atoms with Gasteiger partial charge in [-0.3, -0.25) is 0 Å². The van der Waals surface area contributed by atoms with E-state index in [0.29, 0.717) is 0 Å². The Hall–Kier alpha value is 0.298. The summed E-state index contributed by atoms with van der Waals surface area (Å²) in [7, 11) is 0. The first-order valence-electron chi connectivity index (χ1n) is 3.71. The van der Waals surface area contributed by atoms with Crippen molar-refractivity contribution in [2.75, 3.05) is 0 Å². The normalized spacial score (nSPS) is 10.9. The summed E-state index contributed by atoms with van der Waals surface area (Å²) >= 11 is 2.47. The van der Waals surface area contributed by atoms with E-state index in [0.717, 1.165) is 0 Å². The zero-order chi connectivity index (χ0) is 6.95. The van der Waals surface area contributed by atoms with Gasteiger partial charge >= 0.3 is 66.8 Å². The molecular weight excluding hydrogens is 171 g/mol. The number of allylic oxidation sites excluding steroid dienone is 1. The fourth-order valence-electron chi connectivity index (χ4n) is 0.764. The molecule has 9 heavy (non-hydrogen) atoms. The van der Waals surface area contributed by atoms with E-state index in [1.54, 1.807) is 0 Å². The molecule has 0 atom stereocenters. The van der Waals surface area contributed by atoms with Crippen LogP contribution in [0.3, 0.4) is 0 Å². The minimum absolute atomic E-state index is 1.26. The standard InChI is InChI=1S/C8H15As/c1-2-3-4-5-6-7-8-9/h7-8H,2-6H2,1H3/b8-7+. The van der Waals surface area contributed by atoms with E-state index in [1.807, 2.05) is 0 Å². The van der Waals surface area contributed by atoms with E-state index >= 15 is 0 Å². The van der Waals surface area contributed by atoms with Crippen LogP contribution in [0.5, 0.6) is 0 Å². The SMILES string of the molecule is CCCCCC/C=C/[As]. The van der Waals surface area contributed by atoms with Crippen molar-refractivity contribution >= 4 is 16.9 Å². The molecule has 0 aliphatic rings. The van der Waals surface area contributed by atoms with Crippen molar-refractivity contribution in [2.24, 2.45) is 0 Å². The van der Waals surface area contributed by atoms with E-state index in [9.17, 15) is 0 Å². The van der Waals surface area contributed by atoms with Gasteiger partial charge in [0.25, 0.3) is 0 Å². The maximum absolute atomic E-state index is 2.47. The van der Waals surface area contributed by atoms with Crippen LogP contribution >= 0.6 is 0 Å². The van der Waals surface area contributed by atoms with Crippen LogP contribution in [0.2, 0.25) is 0 Å². The van der Waals surface area contributed by atoms with Gasteiger partial charge in [0.15, 0.2) is 0 Å². The summed E-state index contributed by atoms with van der Waals surface area (Å²) in [5, 5.41) is 0. The Morgan fingerprint density at radius 3 is 2.56 bits per heavy atom. The first-order valence-corrected chi connectivity index (χ1v) is 4.79. The Balaban J connectivity index is 2.75. The molecule has 0 bridgehead atoms. The summed E-state index contributed by atoms with van der Waals surface area (Å²) in [5.74, 6) is 0. The van der Waals surface area contributed by atoms with Crippen molar-refractivity contribution in [1.29, 1.82) is 0 Å². The van der Waals surface area contributed by atoms with Gasteiger partial charge in [0, 0.05) is 0 Å². The molecule has 0 rings (SSSR count). The van der Waals surface area contributed by atoms with Gasteiger partial charge in [0.05, 0.1) is 0 Å². The van der Waals surface area contributed by atoms with Crippen molar-refractivity contribution in [3.05, 3.63) is 10.9 Å². The Bertz CT molecular complexity index is 67.0. The van der Waals surface area contributed by atoms with E-state index in [4.69, 9.17) is 0 Å². The average molecular weight is 186 g/mol. The van der Waals surface area contributed by atoms with Gasteiger partial charge in [-0.25, -0.2) is 0 Å². The third-order valence-electron chi connectivity index (χ3n) is 1.33. The molecule has 0 saturated carbocycles. The van der Waals surface area contributed by atoms with Crippen LogP contribution in [0.15, 0.2) is 10.9 Å². The Morgan fingerprint density at radius 1 is 1.22 bits per heavy atom. The fraction of sp³-hybridized carbons (Fsp3) is 0.750. The van der Waals surface area contributed by atoms with E-state index in [-0.39, 0.29) is 0 Å².